The van der Waals surface area contributed by atoms with E-state index in [4.69, 9.17) is 0 Å². The van der Waals surface area contributed by atoms with Crippen LogP contribution in [0, 0.1) is 6.92 Å². The Labute approximate surface area is 140 Å². The number of amides is 1. The molecule has 7 heteroatoms. The van der Waals surface area contributed by atoms with Crippen LogP contribution in [-0.2, 0) is 11.3 Å². The number of benzene rings is 1. The minimum Gasteiger partial charge on any atom is -0.371 e. The van der Waals surface area contributed by atoms with E-state index < -0.39 is 0 Å². The van der Waals surface area contributed by atoms with Gasteiger partial charge in [-0.15, -0.1) is 5.10 Å². The number of aryl methyl sites for hydroxylation is 1. The highest BCUT2D eigenvalue weighted by atomic mass is 32.2. The number of H-pyrrole nitrogens is 1. The van der Waals surface area contributed by atoms with Crippen LogP contribution in [-0.4, -0.2) is 39.9 Å². The number of hydrogen-bond acceptors (Lipinski definition) is 5. The number of anilines is 1. The fourth-order valence-electron chi connectivity index (χ4n) is 2.69. The lowest BCUT2D eigenvalue weighted by molar-refractivity contribution is -0.118. The van der Waals surface area contributed by atoms with Crippen molar-refractivity contribution in [1.82, 2.24) is 20.5 Å². The van der Waals surface area contributed by atoms with Crippen molar-refractivity contribution in [1.29, 1.82) is 0 Å². The van der Waals surface area contributed by atoms with E-state index in [9.17, 15) is 4.79 Å². The fraction of sp³-hybridized carbons (Fsp3) is 0.438. The van der Waals surface area contributed by atoms with Gasteiger partial charge in [-0.25, -0.2) is 4.98 Å². The van der Waals surface area contributed by atoms with Gasteiger partial charge in [0.2, 0.25) is 11.1 Å². The Kier molecular flexibility index (Phi) is 5.17. The second-order valence-corrected chi connectivity index (χ2v) is 6.53. The zero-order chi connectivity index (χ0) is 16.1. The Morgan fingerprint density at radius 3 is 2.87 bits per heavy atom. The molecule has 0 atom stereocenters. The van der Waals surface area contributed by atoms with Crippen LogP contribution in [0.5, 0.6) is 0 Å². The first-order valence-electron chi connectivity index (χ1n) is 7.84. The summed E-state index contributed by atoms with van der Waals surface area (Å²) in [5.41, 5.74) is 2.41. The first kappa shape index (κ1) is 15.9. The highest BCUT2D eigenvalue weighted by Crippen LogP contribution is 2.24. The van der Waals surface area contributed by atoms with Gasteiger partial charge in [-0.1, -0.05) is 30.0 Å². The van der Waals surface area contributed by atoms with E-state index in [0.29, 0.717) is 17.5 Å². The van der Waals surface area contributed by atoms with Crippen LogP contribution in [0.4, 0.5) is 5.69 Å². The molecule has 1 amide bonds. The standard InChI is InChI=1S/C16H21N5OS/c1-12-18-16(20-19-12)23-11-15(22)17-10-13-6-2-3-7-14(13)21-8-4-5-9-21/h2-3,6-7H,4-5,8-11H2,1H3,(H,17,22)(H,18,19,20). The molecule has 2 aromatic rings. The molecule has 1 aromatic heterocycles. The van der Waals surface area contributed by atoms with Gasteiger partial charge in [0.15, 0.2) is 0 Å². The maximum Gasteiger partial charge on any atom is 0.230 e. The Hall–Kier alpha value is -2.02. The SMILES string of the molecule is Cc1nc(SCC(=O)NCc2ccccc2N2CCCC2)n[nH]1. The summed E-state index contributed by atoms with van der Waals surface area (Å²) in [6.45, 7) is 4.60. The van der Waals surface area contributed by atoms with E-state index in [-0.39, 0.29) is 5.91 Å². The van der Waals surface area contributed by atoms with Crippen molar-refractivity contribution in [3.8, 4) is 0 Å². The molecule has 1 saturated heterocycles. The normalized spacial score (nSPS) is 14.2. The van der Waals surface area contributed by atoms with Gasteiger partial charge in [0.25, 0.3) is 0 Å². The molecule has 23 heavy (non-hydrogen) atoms. The van der Waals surface area contributed by atoms with E-state index in [1.54, 1.807) is 0 Å². The zero-order valence-corrected chi connectivity index (χ0v) is 14.0. The quantitative estimate of drug-likeness (QED) is 0.793. The van der Waals surface area contributed by atoms with Crippen molar-refractivity contribution >= 4 is 23.4 Å². The number of para-hydroxylation sites is 1. The van der Waals surface area contributed by atoms with Gasteiger partial charge in [0, 0.05) is 25.3 Å². The average molecular weight is 331 g/mol. The summed E-state index contributed by atoms with van der Waals surface area (Å²) in [6.07, 6.45) is 2.49. The van der Waals surface area contributed by atoms with Gasteiger partial charge in [-0.3, -0.25) is 9.89 Å². The van der Waals surface area contributed by atoms with Crippen molar-refractivity contribution in [2.24, 2.45) is 0 Å². The van der Waals surface area contributed by atoms with Crippen molar-refractivity contribution in [3.05, 3.63) is 35.7 Å². The molecule has 0 unspecified atom stereocenters. The van der Waals surface area contributed by atoms with Gasteiger partial charge in [-0.2, -0.15) is 0 Å². The number of carbonyl (C=O) groups excluding carboxylic acids is 1. The molecule has 1 aromatic carbocycles. The van der Waals surface area contributed by atoms with Crippen molar-refractivity contribution in [2.45, 2.75) is 31.5 Å². The topological polar surface area (TPSA) is 73.9 Å². The second-order valence-electron chi connectivity index (χ2n) is 5.59. The number of nitrogens with one attached hydrogen (secondary N) is 2. The first-order valence-corrected chi connectivity index (χ1v) is 8.82. The van der Waals surface area contributed by atoms with Crippen LogP contribution in [0.3, 0.4) is 0 Å². The maximum absolute atomic E-state index is 12.0. The summed E-state index contributed by atoms with van der Waals surface area (Å²) in [7, 11) is 0. The summed E-state index contributed by atoms with van der Waals surface area (Å²) in [6, 6.07) is 8.30. The minimum atomic E-state index is -0.00585. The van der Waals surface area contributed by atoms with Crippen molar-refractivity contribution in [2.75, 3.05) is 23.7 Å². The molecular formula is C16H21N5OS. The Morgan fingerprint density at radius 1 is 1.35 bits per heavy atom. The molecule has 6 nitrogen and oxygen atoms in total. The largest absolute Gasteiger partial charge is 0.371 e. The Bertz CT molecular complexity index is 666. The number of rotatable bonds is 6. The molecule has 1 aliphatic heterocycles. The van der Waals surface area contributed by atoms with E-state index >= 15 is 0 Å². The van der Waals surface area contributed by atoms with Crippen LogP contribution >= 0.6 is 11.8 Å². The molecule has 0 bridgehead atoms. The molecule has 0 spiro atoms. The monoisotopic (exact) mass is 331 g/mol. The van der Waals surface area contributed by atoms with Gasteiger partial charge < -0.3 is 10.2 Å². The third-order valence-corrected chi connectivity index (χ3v) is 4.67. The summed E-state index contributed by atoms with van der Waals surface area (Å²) >= 11 is 1.34. The maximum atomic E-state index is 12.0. The zero-order valence-electron chi connectivity index (χ0n) is 13.2. The van der Waals surface area contributed by atoms with E-state index in [2.05, 4.69) is 43.6 Å². The van der Waals surface area contributed by atoms with Crippen molar-refractivity contribution in [3.63, 3.8) is 0 Å². The molecule has 0 radical (unpaired) electrons. The molecule has 2 N–H and O–H groups in total. The van der Waals surface area contributed by atoms with Crippen LogP contribution in [0.15, 0.2) is 29.4 Å². The first-order chi connectivity index (χ1) is 11.2. The predicted octanol–water partition coefficient (Wildman–Crippen LogP) is 2.12. The second kappa shape index (κ2) is 7.50. The van der Waals surface area contributed by atoms with Crippen LogP contribution in [0.25, 0.3) is 0 Å². The minimum absolute atomic E-state index is 0.00585. The number of thioether (sulfide) groups is 1. The molecular weight excluding hydrogens is 310 g/mol. The van der Waals surface area contributed by atoms with Crippen LogP contribution in [0.1, 0.15) is 24.2 Å². The Balaban J connectivity index is 1.52. The molecule has 0 aliphatic carbocycles. The number of aromatic nitrogens is 3. The molecule has 2 heterocycles. The molecule has 1 fully saturated rings. The number of hydrogen-bond donors (Lipinski definition) is 2. The smallest absolute Gasteiger partial charge is 0.230 e. The lowest BCUT2D eigenvalue weighted by Gasteiger charge is -2.21. The van der Waals surface area contributed by atoms with Gasteiger partial charge in [-0.05, 0) is 31.4 Å². The molecule has 0 saturated carbocycles. The highest BCUT2D eigenvalue weighted by Gasteiger charge is 2.15. The summed E-state index contributed by atoms with van der Waals surface area (Å²) < 4.78 is 0. The van der Waals surface area contributed by atoms with Crippen molar-refractivity contribution < 1.29 is 4.79 Å². The Morgan fingerprint density at radius 2 is 2.13 bits per heavy atom. The predicted molar refractivity (Wildman–Crippen MR) is 91.6 cm³/mol. The lowest BCUT2D eigenvalue weighted by atomic mass is 10.1. The fourth-order valence-corrected chi connectivity index (χ4v) is 3.36. The van der Waals surface area contributed by atoms with Crippen LogP contribution < -0.4 is 10.2 Å². The summed E-state index contributed by atoms with van der Waals surface area (Å²) in [5.74, 6) is 1.07. The van der Waals surface area contributed by atoms with Gasteiger partial charge in [0.1, 0.15) is 5.82 Å². The lowest BCUT2D eigenvalue weighted by Crippen LogP contribution is -2.26. The number of aromatic amines is 1. The van der Waals surface area contributed by atoms with E-state index in [1.165, 1.54) is 35.9 Å². The number of nitrogens with zero attached hydrogens (tertiary/aromatic N) is 3. The molecule has 1 aliphatic rings. The van der Waals surface area contributed by atoms with Gasteiger partial charge >= 0.3 is 0 Å². The summed E-state index contributed by atoms with van der Waals surface area (Å²) in [4.78, 5) is 18.6. The van der Waals surface area contributed by atoms with Crippen LogP contribution in [0.2, 0.25) is 0 Å². The molecule has 122 valence electrons. The van der Waals surface area contributed by atoms with Gasteiger partial charge in [0.05, 0.1) is 5.75 Å². The summed E-state index contributed by atoms with van der Waals surface area (Å²) in [5, 5.41) is 10.4. The van der Waals surface area contributed by atoms with E-state index in [0.717, 1.165) is 18.9 Å². The molecule has 3 rings (SSSR count). The average Bonchev–Trinajstić information content (AvgIpc) is 3.23. The van der Waals surface area contributed by atoms with E-state index in [1.807, 2.05) is 13.0 Å². The number of carbonyl (C=O) groups is 1. The third-order valence-electron chi connectivity index (χ3n) is 3.82. The third kappa shape index (κ3) is 4.25. The highest BCUT2D eigenvalue weighted by molar-refractivity contribution is 7.99.